The quantitative estimate of drug-likeness (QED) is 0.770. The fraction of sp³-hybridized carbons (Fsp3) is 0.0667. The molecule has 0 aliphatic rings. The van der Waals surface area contributed by atoms with Crippen LogP contribution in [0.1, 0.15) is 15.9 Å². The molecule has 0 unspecified atom stereocenters. The van der Waals surface area contributed by atoms with Gasteiger partial charge in [-0.2, -0.15) is 5.10 Å². The van der Waals surface area contributed by atoms with Crippen molar-refractivity contribution in [1.82, 2.24) is 19.7 Å². The van der Waals surface area contributed by atoms with Crippen molar-refractivity contribution in [3.8, 4) is 11.7 Å². The summed E-state index contributed by atoms with van der Waals surface area (Å²) >= 11 is 0. The average Bonchev–Trinajstić information content (AvgIpc) is 2.99. The topological polar surface area (TPSA) is 92.9 Å². The van der Waals surface area contributed by atoms with E-state index in [9.17, 15) is 9.90 Å². The summed E-state index contributed by atoms with van der Waals surface area (Å²) in [4.78, 5) is 20.3. The fourth-order valence-electron chi connectivity index (χ4n) is 1.94. The monoisotopic (exact) mass is 295 g/mol. The molecule has 0 aliphatic carbocycles. The molecule has 0 atom stereocenters. The number of aromatic nitrogens is 4. The van der Waals surface area contributed by atoms with Gasteiger partial charge in [0.25, 0.3) is 5.91 Å². The standard InChI is InChI=1S/C15H13N5O2/c1-10-3-4-13(21)12(7-10)14(22)19-11-8-18-20(9-11)15-16-5-2-6-17-15/h2-9,21H,1H3,(H,19,22). The molecule has 0 fully saturated rings. The number of nitrogens with zero attached hydrogens (tertiary/aromatic N) is 4. The lowest BCUT2D eigenvalue weighted by Gasteiger charge is -2.05. The van der Waals surface area contributed by atoms with E-state index >= 15 is 0 Å². The number of anilines is 1. The van der Waals surface area contributed by atoms with Crippen LogP contribution in [0.25, 0.3) is 5.95 Å². The van der Waals surface area contributed by atoms with Gasteiger partial charge in [-0.1, -0.05) is 11.6 Å². The van der Waals surface area contributed by atoms with E-state index in [0.29, 0.717) is 11.6 Å². The number of phenolic OH excluding ortho intramolecular Hbond substituents is 1. The minimum atomic E-state index is -0.408. The van der Waals surface area contributed by atoms with Crippen molar-refractivity contribution < 1.29 is 9.90 Å². The lowest BCUT2D eigenvalue weighted by Crippen LogP contribution is -2.12. The molecule has 0 bridgehead atoms. The first-order chi connectivity index (χ1) is 10.6. The molecule has 0 aliphatic heterocycles. The average molecular weight is 295 g/mol. The molecular formula is C15H13N5O2. The van der Waals surface area contributed by atoms with E-state index in [1.807, 2.05) is 6.92 Å². The van der Waals surface area contributed by atoms with Crippen LogP contribution < -0.4 is 5.32 Å². The summed E-state index contributed by atoms with van der Waals surface area (Å²) in [6, 6.07) is 6.55. The number of carbonyl (C=O) groups excluding carboxylic acids is 1. The number of hydrogen-bond acceptors (Lipinski definition) is 5. The molecule has 2 heterocycles. The van der Waals surface area contributed by atoms with Crippen LogP contribution in [0.2, 0.25) is 0 Å². The summed E-state index contributed by atoms with van der Waals surface area (Å²) in [7, 11) is 0. The Morgan fingerprint density at radius 3 is 2.82 bits per heavy atom. The van der Waals surface area contributed by atoms with Gasteiger partial charge in [0.05, 0.1) is 23.6 Å². The van der Waals surface area contributed by atoms with Crippen LogP contribution in [0, 0.1) is 6.92 Å². The predicted octanol–water partition coefficient (Wildman–Crippen LogP) is 1.93. The summed E-state index contributed by atoms with van der Waals surface area (Å²) in [5.74, 6) is -0.0713. The molecule has 110 valence electrons. The number of rotatable bonds is 3. The normalized spacial score (nSPS) is 10.4. The van der Waals surface area contributed by atoms with Crippen LogP contribution in [-0.4, -0.2) is 30.8 Å². The van der Waals surface area contributed by atoms with E-state index in [4.69, 9.17) is 0 Å². The first kappa shape index (κ1) is 13.7. The first-order valence-electron chi connectivity index (χ1n) is 6.56. The van der Waals surface area contributed by atoms with E-state index in [1.54, 1.807) is 36.8 Å². The zero-order valence-electron chi connectivity index (χ0n) is 11.8. The van der Waals surface area contributed by atoms with Crippen molar-refractivity contribution in [1.29, 1.82) is 0 Å². The molecular weight excluding hydrogens is 282 g/mol. The highest BCUT2D eigenvalue weighted by Crippen LogP contribution is 2.20. The number of benzene rings is 1. The van der Waals surface area contributed by atoms with Crippen LogP contribution in [0.4, 0.5) is 5.69 Å². The molecule has 2 aromatic heterocycles. The SMILES string of the molecule is Cc1ccc(O)c(C(=O)Nc2cnn(-c3ncccn3)c2)c1. The molecule has 1 amide bonds. The number of hydrogen-bond donors (Lipinski definition) is 2. The Balaban J connectivity index is 1.81. The van der Waals surface area contributed by atoms with Crippen molar-refractivity contribution in [3.63, 3.8) is 0 Å². The zero-order valence-corrected chi connectivity index (χ0v) is 11.8. The smallest absolute Gasteiger partial charge is 0.259 e. The third-order valence-electron chi connectivity index (χ3n) is 2.99. The fourth-order valence-corrected chi connectivity index (χ4v) is 1.94. The lowest BCUT2D eigenvalue weighted by molar-refractivity contribution is 0.102. The van der Waals surface area contributed by atoms with Gasteiger partial charge in [-0.25, -0.2) is 14.6 Å². The van der Waals surface area contributed by atoms with E-state index in [-0.39, 0.29) is 11.3 Å². The number of nitrogens with one attached hydrogen (secondary N) is 1. The second-order valence-corrected chi connectivity index (χ2v) is 4.70. The van der Waals surface area contributed by atoms with Gasteiger partial charge in [-0.15, -0.1) is 0 Å². The molecule has 3 rings (SSSR count). The maximum absolute atomic E-state index is 12.2. The second-order valence-electron chi connectivity index (χ2n) is 4.70. The minimum absolute atomic E-state index is 0.0677. The third-order valence-corrected chi connectivity index (χ3v) is 2.99. The minimum Gasteiger partial charge on any atom is -0.507 e. The molecule has 7 heteroatoms. The highest BCUT2D eigenvalue weighted by molar-refractivity contribution is 6.06. The third kappa shape index (κ3) is 2.78. The van der Waals surface area contributed by atoms with Gasteiger partial charge in [-0.3, -0.25) is 4.79 Å². The largest absolute Gasteiger partial charge is 0.507 e. The molecule has 3 aromatic rings. The van der Waals surface area contributed by atoms with Gasteiger partial charge in [0, 0.05) is 12.4 Å². The Labute approximate surface area is 126 Å². The molecule has 0 spiro atoms. The predicted molar refractivity (Wildman–Crippen MR) is 80.0 cm³/mol. The number of aromatic hydroxyl groups is 1. The van der Waals surface area contributed by atoms with E-state index < -0.39 is 5.91 Å². The summed E-state index contributed by atoms with van der Waals surface area (Å²) < 4.78 is 1.45. The molecule has 0 radical (unpaired) electrons. The van der Waals surface area contributed by atoms with Crippen LogP contribution in [0.15, 0.2) is 49.1 Å². The van der Waals surface area contributed by atoms with E-state index in [1.165, 1.54) is 16.9 Å². The van der Waals surface area contributed by atoms with Gasteiger partial charge in [-0.05, 0) is 25.1 Å². The van der Waals surface area contributed by atoms with Crippen molar-refractivity contribution in [2.75, 3.05) is 5.32 Å². The summed E-state index contributed by atoms with van der Waals surface area (Å²) in [6.45, 7) is 1.85. The highest BCUT2D eigenvalue weighted by Gasteiger charge is 2.13. The van der Waals surface area contributed by atoms with Gasteiger partial charge >= 0.3 is 0 Å². The van der Waals surface area contributed by atoms with Crippen molar-refractivity contribution in [2.24, 2.45) is 0 Å². The summed E-state index contributed by atoms with van der Waals surface area (Å²) in [6.07, 6.45) is 6.29. The van der Waals surface area contributed by atoms with Crippen LogP contribution in [0.5, 0.6) is 5.75 Å². The molecule has 2 N–H and O–H groups in total. The first-order valence-corrected chi connectivity index (χ1v) is 6.56. The Bertz CT molecular complexity index is 814. The van der Waals surface area contributed by atoms with Crippen molar-refractivity contribution in [3.05, 3.63) is 60.2 Å². The van der Waals surface area contributed by atoms with E-state index in [2.05, 4.69) is 20.4 Å². The number of amides is 1. The highest BCUT2D eigenvalue weighted by atomic mass is 16.3. The maximum atomic E-state index is 12.2. The maximum Gasteiger partial charge on any atom is 0.259 e. The van der Waals surface area contributed by atoms with Gasteiger partial charge in [0.1, 0.15) is 5.75 Å². The van der Waals surface area contributed by atoms with Gasteiger partial charge < -0.3 is 10.4 Å². The van der Waals surface area contributed by atoms with Crippen molar-refractivity contribution in [2.45, 2.75) is 6.92 Å². The summed E-state index contributed by atoms with van der Waals surface area (Å²) in [5.41, 5.74) is 1.58. The lowest BCUT2D eigenvalue weighted by atomic mass is 10.1. The van der Waals surface area contributed by atoms with Gasteiger partial charge in [0.2, 0.25) is 5.95 Å². The number of carbonyl (C=O) groups is 1. The Kier molecular flexibility index (Phi) is 3.53. The second kappa shape index (κ2) is 5.65. The molecule has 1 aromatic carbocycles. The summed E-state index contributed by atoms with van der Waals surface area (Å²) in [5, 5.41) is 16.5. The Morgan fingerprint density at radius 2 is 2.05 bits per heavy atom. The molecule has 0 saturated heterocycles. The number of phenols is 1. The number of aryl methyl sites for hydroxylation is 1. The molecule has 22 heavy (non-hydrogen) atoms. The Morgan fingerprint density at radius 1 is 1.27 bits per heavy atom. The molecule has 0 saturated carbocycles. The zero-order chi connectivity index (χ0) is 15.5. The van der Waals surface area contributed by atoms with Gasteiger partial charge in [0.15, 0.2) is 0 Å². The van der Waals surface area contributed by atoms with Crippen LogP contribution in [0.3, 0.4) is 0 Å². The van der Waals surface area contributed by atoms with Crippen molar-refractivity contribution >= 4 is 11.6 Å². The van der Waals surface area contributed by atoms with Crippen LogP contribution in [-0.2, 0) is 0 Å². The van der Waals surface area contributed by atoms with E-state index in [0.717, 1.165) is 5.56 Å². The van der Waals surface area contributed by atoms with Crippen LogP contribution >= 0.6 is 0 Å². The molecule has 7 nitrogen and oxygen atoms in total. The Hall–Kier alpha value is -3.22.